The number of carbonyl (C=O) groups excluding carboxylic acids is 2. The first-order valence-corrected chi connectivity index (χ1v) is 8.82. The fourth-order valence-corrected chi connectivity index (χ4v) is 3.19. The number of nitrogens with one attached hydrogen (secondary N) is 1. The van der Waals surface area contributed by atoms with Crippen LogP contribution in [0.2, 0.25) is 0 Å². The van der Waals surface area contributed by atoms with Crippen LogP contribution < -0.4 is 10.1 Å². The summed E-state index contributed by atoms with van der Waals surface area (Å²) in [5, 5.41) is 2.67. The molecule has 4 aromatic rings. The third-order valence-electron chi connectivity index (χ3n) is 4.51. The molecule has 0 spiro atoms. The third-order valence-corrected chi connectivity index (χ3v) is 4.51. The van der Waals surface area contributed by atoms with E-state index < -0.39 is 11.7 Å². The average Bonchev–Trinajstić information content (AvgIpc) is 3.13. The minimum atomic E-state index is -0.700. The SMILES string of the molecule is COc1cccc(NC(=O)C(=O)c2c(-c3ccccc3)cc3ccccn23)c1. The van der Waals surface area contributed by atoms with Crippen molar-refractivity contribution in [1.82, 2.24) is 4.40 Å². The van der Waals surface area contributed by atoms with Crippen molar-refractivity contribution in [2.75, 3.05) is 12.4 Å². The molecule has 28 heavy (non-hydrogen) atoms. The van der Waals surface area contributed by atoms with Crippen LogP contribution >= 0.6 is 0 Å². The average molecular weight is 370 g/mol. The monoisotopic (exact) mass is 370 g/mol. The van der Waals surface area contributed by atoms with E-state index in [1.165, 1.54) is 0 Å². The zero-order valence-electron chi connectivity index (χ0n) is 15.3. The van der Waals surface area contributed by atoms with E-state index in [0.717, 1.165) is 16.6 Å². The normalized spacial score (nSPS) is 10.6. The molecule has 0 fully saturated rings. The summed E-state index contributed by atoms with van der Waals surface area (Å²) in [6.45, 7) is 0. The summed E-state index contributed by atoms with van der Waals surface area (Å²) in [7, 11) is 1.55. The lowest BCUT2D eigenvalue weighted by Gasteiger charge is -2.08. The summed E-state index contributed by atoms with van der Waals surface area (Å²) in [4.78, 5) is 25.8. The number of ether oxygens (including phenoxy) is 1. The van der Waals surface area contributed by atoms with E-state index in [1.54, 1.807) is 42.0 Å². The Morgan fingerprint density at radius 2 is 1.68 bits per heavy atom. The highest BCUT2D eigenvalue weighted by Gasteiger charge is 2.24. The van der Waals surface area contributed by atoms with Crippen molar-refractivity contribution in [2.45, 2.75) is 0 Å². The second-order valence-electron chi connectivity index (χ2n) is 6.28. The van der Waals surface area contributed by atoms with E-state index in [2.05, 4.69) is 5.32 Å². The minimum absolute atomic E-state index is 0.335. The van der Waals surface area contributed by atoms with Crippen molar-refractivity contribution in [3.63, 3.8) is 0 Å². The molecule has 5 nitrogen and oxygen atoms in total. The highest BCUT2D eigenvalue weighted by Crippen LogP contribution is 2.28. The predicted molar refractivity (Wildman–Crippen MR) is 109 cm³/mol. The number of hydrogen-bond acceptors (Lipinski definition) is 3. The molecule has 2 aromatic carbocycles. The van der Waals surface area contributed by atoms with Gasteiger partial charge in [-0.3, -0.25) is 9.59 Å². The molecule has 0 atom stereocenters. The molecular weight excluding hydrogens is 352 g/mol. The first kappa shape index (κ1) is 17.5. The lowest BCUT2D eigenvalue weighted by molar-refractivity contribution is -0.112. The highest BCUT2D eigenvalue weighted by molar-refractivity contribution is 6.47. The number of fused-ring (bicyclic) bond motifs is 1. The molecule has 2 aromatic heterocycles. The van der Waals surface area contributed by atoms with Gasteiger partial charge in [-0.05, 0) is 35.9 Å². The largest absolute Gasteiger partial charge is 0.497 e. The van der Waals surface area contributed by atoms with Crippen LogP contribution in [0.25, 0.3) is 16.6 Å². The van der Waals surface area contributed by atoms with E-state index in [-0.39, 0.29) is 0 Å². The Kier molecular flexibility index (Phi) is 4.64. The number of amides is 1. The molecule has 138 valence electrons. The standard InChI is InChI=1S/C23H18N2O3/c1-28-19-12-7-10-17(14-19)24-23(27)22(26)21-20(16-8-3-2-4-9-16)15-18-11-5-6-13-25(18)21/h2-15H,1H3,(H,24,27). The maximum absolute atomic E-state index is 13.1. The molecule has 1 N–H and O–H groups in total. The summed E-state index contributed by atoms with van der Waals surface area (Å²) in [5.41, 5.74) is 3.28. The van der Waals surface area contributed by atoms with Crippen molar-refractivity contribution in [1.29, 1.82) is 0 Å². The molecule has 4 rings (SSSR count). The number of hydrogen-bond donors (Lipinski definition) is 1. The van der Waals surface area contributed by atoms with Gasteiger partial charge < -0.3 is 14.5 Å². The van der Waals surface area contributed by atoms with E-state index in [0.29, 0.717) is 17.1 Å². The number of carbonyl (C=O) groups is 2. The van der Waals surface area contributed by atoms with Crippen LogP contribution in [0.5, 0.6) is 5.75 Å². The van der Waals surface area contributed by atoms with Gasteiger partial charge in [0.2, 0.25) is 0 Å². The fraction of sp³-hybridized carbons (Fsp3) is 0.0435. The predicted octanol–water partition coefficient (Wildman–Crippen LogP) is 4.44. The van der Waals surface area contributed by atoms with E-state index >= 15 is 0 Å². The van der Waals surface area contributed by atoms with Crippen molar-refractivity contribution < 1.29 is 14.3 Å². The summed E-state index contributed by atoms with van der Waals surface area (Å²) >= 11 is 0. The number of pyridine rings is 1. The van der Waals surface area contributed by atoms with Crippen LogP contribution in [0, 0.1) is 0 Å². The second kappa shape index (κ2) is 7.40. The third kappa shape index (κ3) is 3.25. The van der Waals surface area contributed by atoms with Gasteiger partial charge in [0.25, 0.3) is 11.7 Å². The molecule has 0 unspecified atom stereocenters. The number of nitrogens with zero attached hydrogens (tertiary/aromatic N) is 1. The maximum Gasteiger partial charge on any atom is 0.298 e. The smallest absolute Gasteiger partial charge is 0.298 e. The Balaban J connectivity index is 1.75. The van der Waals surface area contributed by atoms with Crippen LogP contribution in [-0.2, 0) is 4.79 Å². The highest BCUT2D eigenvalue weighted by atomic mass is 16.5. The van der Waals surface area contributed by atoms with Gasteiger partial charge in [0.1, 0.15) is 11.4 Å². The Hall–Kier alpha value is -3.86. The number of anilines is 1. The van der Waals surface area contributed by atoms with Crippen LogP contribution in [0.3, 0.4) is 0 Å². The van der Waals surface area contributed by atoms with Gasteiger partial charge in [0.15, 0.2) is 0 Å². The molecular formula is C23H18N2O3. The van der Waals surface area contributed by atoms with Gasteiger partial charge in [-0.1, -0.05) is 42.5 Å². The summed E-state index contributed by atoms with van der Waals surface area (Å²) in [6.07, 6.45) is 1.79. The van der Waals surface area contributed by atoms with Crippen molar-refractivity contribution in [3.8, 4) is 16.9 Å². The Bertz CT molecular complexity index is 1160. The van der Waals surface area contributed by atoms with Crippen LogP contribution in [0.4, 0.5) is 5.69 Å². The molecule has 0 aliphatic carbocycles. The molecule has 0 saturated carbocycles. The van der Waals surface area contributed by atoms with Gasteiger partial charge in [0, 0.05) is 29.0 Å². The van der Waals surface area contributed by atoms with E-state index in [9.17, 15) is 9.59 Å². The number of rotatable bonds is 5. The zero-order valence-corrected chi connectivity index (χ0v) is 15.3. The number of methoxy groups -OCH3 is 1. The van der Waals surface area contributed by atoms with Crippen molar-refractivity contribution >= 4 is 22.9 Å². The topological polar surface area (TPSA) is 59.8 Å². The Morgan fingerprint density at radius 1 is 0.893 bits per heavy atom. The quantitative estimate of drug-likeness (QED) is 0.417. The summed E-state index contributed by atoms with van der Waals surface area (Å²) in [6, 6.07) is 24.0. The molecule has 0 bridgehead atoms. The Morgan fingerprint density at radius 3 is 2.46 bits per heavy atom. The van der Waals surface area contributed by atoms with Crippen molar-refractivity contribution in [3.05, 3.63) is 90.8 Å². The first-order valence-electron chi connectivity index (χ1n) is 8.82. The number of benzene rings is 2. The van der Waals surface area contributed by atoms with Gasteiger partial charge in [-0.25, -0.2) is 0 Å². The lowest BCUT2D eigenvalue weighted by Crippen LogP contribution is -2.24. The van der Waals surface area contributed by atoms with Gasteiger partial charge in [-0.15, -0.1) is 0 Å². The Labute approximate surface area is 162 Å². The van der Waals surface area contributed by atoms with Gasteiger partial charge >= 0.3 is 0 Å². The second-order valence-corrected chi connectivity index (χ2v) is 6.28. The minimum Gasteiger partial charge on any atom is -0.497 e. The van der Waals surface area contributed by atoms with Crippen LogP contribution in [-0.4, -0.2) is 23.2 Å². The number of aromatic nitrogens is 1. The fourth-order valence-electron chi connectivity index (χ4n) is 3.19. The summed E-state index contributed by atoms with van der Waals surface area (Å²) < 4.78 is 6.91. The van der Waals surface area contributed by atoms with Crippen molar-refractivity contribution in [2.24, 2.45) is 0 Å². The maximum atomic E-state index is 13.1. The molecule has 1 amide bonds. The van der Waals surface area contributed by atoms with Crippen LogP contribution in [0.1, 0.15) is 10.5 Å². The van der Waals surface area contributed by atoms with Gasteiger partial charge in [0.05, 0.1) is 7.11 Å². The molecule has 0 aliphatic heterocycles. The number of ketones is 1. The lowest BCUT2D eigenvalue weighted by atomic mass is 10.0. The molecule has 5 heteroatoms. The first-order chi connectivity index (χ1) is 13.7. The van der Waals surface area contributed by atoms with E-state index in [1.807, 2.05) is 54.6 Å². The number of Topliss-reactive ketones (excluding diaryl/α,β-unsaturated/α-hetero) is 1. The molecule has 0 saturated heterocycles. The zero-order chi connectivity index (χ0) is 19.5. The van der Waals surface area contributed by atoms with E-state index in [4.69, 9.17) is 4.74 Å². The molecule has 2 heterocycles. The van der Waals surface area contributed by atoms with Crippen LogP contribution in [0.15, 0.2) is 85.1 Å². The van der Waals surface area contributed by atoms with Gasteiger partial charge in [-0.2, -0.15) is 0 Å². The molecule has 0 radical (unpaired) electrons. The summed E-state index contributed by atoms with van der Waals surface area (Å²) in [5.74, 6) is -0.703. The molecule has 0 aliphatic rings.